The van der Waals surface area contributed by atoms with Crippen molar-refractivity contribution >= 4 is 45.5 Å². The third-order valence-electron chi connectivity index (χ3n) is 7.06. The summed E-state index contributed by atoms with van der Waals surface area (Å²) < 4.78 is 11.4. The lowest BCUT2D eigenvalue weighted by atomic mass is 10.1. The zero-order chi connectivity index (χ0) is 31.2. The molecule has 0 saturated heterocycles. The molecule has 3 N–H and O–H groups in total. The van der Waals surface area contributed by atoms with Crippen LogP contribution in [0, 0.1) is 0 Å². The summed E-state index contributed by atoms with van der Waals surface area (Å²) in [6.07, 6.45) is 11.9. The lowest BCUT2D eigenvalue weighted by Gasteiger charge is -2.20. The minimum absolute atomic E-state index is 0.0232. The molecule has 224 valence electrons. The standard InChI is InChI=1S/C33H30N4O7/c1-3-37(4-2)23-14-12-21-16-24(33(42)44-28(21)18-23)31-36-25-17-22(13-15-27(25)43-31)30(39)35-26(32(40)41)19-34-29(38)20-10-8-6-5-7-9-11-20/h5-18,26H,3-4,19H2,1-2H3,(H,34,38)(H,35,39)(H,40,41)/b6-5-,7-5?,8-6?,9-7-,10-8-,11-9?,20-10?,20-11+. The number of benzene rings is 2. The van der Waals surface area contributed by atoms with Gasteiger partial charge < -0.3 is 29.5 Å². The van der Waals surface area contributed by atoms with E-state index in [0.29, 0.717) is 22.1 Å². The van der Waals surface area contributed by atoms with E-state index in [1.54, 1.807) is 48.6 Å². The number of nitrogens with one attached hydrogen (secondary N) is 2. The maximum Gasteiger partial charge on any atom is 0.349 e. The molecule has 2 aromatic heterocycles. The van der Waals surface area contributed by atoms with Crippen molar-refractivity contribution in [2.75, 3.05) is 24.5 Å². The normalized spacial score (nSPS) is 16.6. The summed E-state index contributed by atoms with van der Waals surface area (Å²) in [5.41, 5.74) is 1.94. The highest BCUT2D eigenvalue weighted by molar-refractivity contribution is 6.00. The van der Waals surface area contributed by atoms with Crippen molar-refractivity contribution in [1.29, 1.82) is 0 Å². The summed E-state index contributed by atoms with van der Waals surface area (Å²) in [6, 6.07) is 10.3. The van der Waals surface area contributed by atoms with Gasteiger partial charge in [0, 0.05) is 47.9 Å². The van der Waals surface area contributed by atoms with Crippen LogP contribution in [-0.2, 0) is 9.59 Å². The van der Waals surface area contributed by atoms with Crippen molar-refractivity contribution in [2.45, 2.75) is 19.9 Å². The number of hydrogen-bond donors (Lipinski definition) is 3. The molecule has 0 aliphatic heterocycles. The average molecular weight is 595 g/mol. The second-order valence-corrected chi connectivity index (χ2v) is 9.87. The Labute approximate surface area is 251 Å². The molecule has 1 aliphatic rings. The molecule has 5 rings (SSSR count). The van der Waals surface area contributed by atoms with Crippen LogP contribution in [0.5, 0.6) is 0 Å². The molecule has 11 nitrogen and oxygen atoms in total. The third-order valence-corrected chi connectivity index (χ3v) is 7.06. The molecule has 11 heteroatoms. The van der Waals surface area contributed by atoms with Crippen molar-refractivity contribution in [2.24, 2.45) is 0 Å². The Bertz CT molecular complexity index is 1930. The van der Waals surface area contributed by atoms with Gasteiger partial charge in [0.15, 0.2) is 5.58 Å². The van der Waals surface area contributed by atoms with Crippen LogP contribution in [0.25, 0.3) is 33.5 Å². The predicted molar refractivity (Wildman–Crippen MR) is 166 cm³/mol. The number of aromatic nitrogens is 1. The fourth-order valence-electron chi connectivity index (χ4n) is 4.67. The van der Waals surface area contributed by atoms with E-state index in [1.165, 1.54) is 18.2 Å². The highest BCUT2D eigenvalue weighted by Gasteiger charge is 2.23. The van der Waals surface area contributed by atoms with E-state index >= 15 is 0 Å². The quantitative estimate of drug-likeness (QED) is 0.227. The minimum atomic E-state index is -1.40. The van der Waals surface area contributed by atoms with Gasteiger partial charge >= 0.3 is 11.6 Å². The molecule has 0 saturated carbocycles. The number of rotatable bonds is 10. The maximum absolute atomic E-state index is 13.0. The van der Waals surface area contributed by atoms with E-state index in [-0.39, 0.29) is 29.1 Å². The monoisotopic (exact) mass is 594 g/mol. The first kappa shape index (κ1) is 29.8. The molecule has 2 aromatic carbocycles. The molecule has 1 unspecified atom stereocenters. The van der Waals surface area contributed by atoms with E-state index in [0.717, 1.165) is 18.8 Å². The van der Waals surface area contributed by atoms with Crippen LogP contribution in [0.2, 0.25) is 0 Å². The number of carboxylic acids is 1. The smallest absolute Gasteiger partial charge is 0.349 e. The fourth-order valence-corrected chi connectivity index (χ4v) is 4.67. The van der Waals surface area contributed by atoms with Crippen LogP contribution < -0.4 is 21.2 Å². The van der Waals surface area contributed by atoms with E-state index in [1.807, 2.05) is 32.0 Å². The lowest BCUT2D eigenvalue weighted by Crippen LogP contribution is -2.48. The number of carboxylic acid groups (broad SMARTS) is 1. The first-order chi connectivity index (χ1) is 21.3. The molecular weight excluding hydrogens is 564 g/mol. The Kier molecular flexibility index (Phi) is 8.85. The molecule has 2 heterocycles. The van der Waals surface area contributed by atoms with Gasteiger partial charge in [-0.25, -0.2) is 14.6 Å². The van der Waals surface area contributed by atoms with E-state index in [4.69, 9.17) is 8.83 Å². The molecule has 4 aromatic rings. The zero-order valence-corrected chi connectivity index (χ0v) is 24.1. The largest absolute Gasteiger partial charge is 0.480 e. The van der Waals surface area contributed by atoms with Crippen molar-refractivity contribution in [3.8, 4) is 11.5 Å². The number of allylic oxidation sites excluding steroid dienone is 6. The highest BCUT2D eigenvalue weighted by Crippen LogP contribution is 2.27. The van der Waals surface area contributed by atoms with Gasteiger partial charge in [-0.3, -0.25) is 9.59 Å². The number of aliphatic carboxylic acids is 1. The Morgan fingerprint density at radius 3 is 2.45 bits per heavy atom. The number of anilines is 1. The zero-order valence-electron chi connectivity index (χ0n) is 24.1. The Hall–Kier alpha value is -5.71. The molecule has 1 atom stereocenters. The van der Waals surface area contributed by atoms with Gasteiger partial charge in [0.25, 0.3) is 11.8 Å². The van der Waals surface area contributed by atoms with Crippen LogP contribution >= 0.6 is 0 Å². The molecule has 0 bridgehead atoms. The Balaban J connectivity index is 1.32. The minimum Gasteiger partial charge on any atom is -0.480 e. The van der Waals surface area contributed by atoms with Crippen LogP contribution in [0.15, 0.2) is 104 Å². The van der Waals surface area contributed by atoms with Crippen LogP contribution in [0.1, 0.15) is 24.2 Å². The first-order valence-electron chi connectivity index (χ1n) is 14.0. The summed E-state index contributed by atoms with van der Waals surface area (Å²) >= 11 is 0. The predicted octanol–water partition coefficient (Wildman–Crippen LogP) is 4.36. The van der Waals surface area contributed by atoms with E-state index in [9.17, 15) is 24.3 Å². The van der Waals surface area contributed by atoms with Gasteiger partial charge in [0.05, 0.1) is 0 Å². The SMILES string of the molecule is CCN(CC)c1ccc2cc(-c3nc4cc(C(=O)NC(CNC(=O)C5=C/C=C\C=C/C=C\5)C(=O)O)ccc4o3)c(=O)oc2c1. The fraction of sp³-hybridized carbons (Fsp3) is 0.182. The van der Waals surface area contributed by atoms with Crippen molar-refractivity contribution in [1.82, 2.24) is 15.6 Å². The maximum atomic E-state index is 13.0. The Morgan fingerprint density at radius 1 is 0.909 bits per heavy atom. The highest BCUT2D eigenvalue weighted by atomic mass is 16.4. The van der Waals surface area contributed by atoms with Gasteiger partial charge in [0.1, 0.15) is 22.7 Å². The van der Waals surface area contributed by atoms with Crippen molar-refractivity contribution in [3.63, 3.8) is 0 Å². The second kappa shape index (κ2) is 13.1. The topological polar surface area (TPSA) is 155 Å². The number of nitrogens with zero attached hydrogens (tertiary/aromatic N) is 2. The average Bonchev–Trinajstić information content (AvgIpc) is 3.42. The number of amides is 2. The molecule has 44 heavy (non-hydrogen) atoms. The lowest BCUT2D eigenvalue weighted by molar-refractivity contribution is -0.139. The van der Waals surface area contributed by atoms with Crippen LogP contribution in [0.3, 0.4) is 0 Å². The summed E-state index contributed by atoms with van der Waals surface area (Å²) in [4.78, 5) is 56.8. The van der Waals surface area contributed by atoms with Gasteiger partial charge in [-0.15, -0.1) is 0 Å². The molecule has 0 radical (unpaired) electrons. The third kappa shape index (κ3) is 6.51. The van der Waals surface area contributed by atoms with Crippen LogP contribution in [-0.4, -0.2) is 53.6 Å². The molecule has 0 spiro atoms. The van der Waals surface area contributed by atoms with Gasteiger partial charge in [0.2, 0.25) is 5.89 Å². The molecular formula is C33H30N4O7. The summed E-state index contributed by atoms with van der Waals surface area (Å²) in [6.45, 7) is 5.38. The van der Waals surface area contributed by atoms with Gasteiger partial charge in [-0.1, -0.05) is 30.4 Å². The summed E-state index contributed by atoms with van der Waals surface area (Å²) in [5.74, 6) is -2.47. The van der Waals surface area contributed by atoms with Gasteiger partial charge in [-0.05, 0) is 62.4 Å². The van der Waals surface area contributed by atoms with Gasteiger partial charge in [-0.2, -0.15) is 0 Å². The van der Waals surface area contributed by atoms with Crippen molar-refractivity contribution in [3.05, 3.63) is 107 Å². The molecule has 2 amide bonds. The Morgan fingerprint density at radius 2 is 1.68 bits per heavy atom. The molecule has 1 aliphatic carbocycles. The van der Waals surface area contributed by atoms with Crippen molar-refractivity contribution < 1.29 is 28.3 Å². The second-order valence-electron chi connectivity index (χ2n) is 9.87. The number of fused-ring (bicyclic) bond motifs is 2. The van der Waals surface area contributed by atoms with E-state index < -0.39 is 29.5 Å². The number of oxazole rings is 1. The first-order valence-corrected chi connectivity index (χ1v) is 14.0. The summed E-state index contributed by atoms with van der Waals surface area (Å²) in [5, 5.41) is 15.3. The van der Waals surface area contributed by atoms with E-state index in [2.05, 4.69) is 20.5 Å². The number of carbonyl (C=O) groups excluding carboxylic acids is 2. The summed E-state index contributed by atoms with van der Waals surface area (Å²) in [7, 11) is 0. The number of hydrogen-bond acceptors (Lipinski definition) is 8. The molecule has 0 fully saturated rings. The van der Waals surface area contributed by atoms with Crippen LogP contribution in [0.4, 0.5) is 5.69 Å². The number of carbonyl (C=O) groups is 3.